The standard InChI is InChI=1S/C44H58O11/c1-38(2,53-36(46)28-15-11-9-12-16-28)31-21-24-41(6,50-31)35-22-25-40(5,51-35)33-19-20-34(49-33)42(7)27-30(45)44(48,55-42)43(8)26-23-32(52-43)39(3,4)54-37(47)29-17-13-10-14-18-29/h9-18,31-35,48H,19-27H2,1-8H3/t31-,32-,33-,34-,35-,40-,41-,42-,43+,44+/m0/s1. The summed E-state index contributed by atoms with van der Waals surface area (Å²) in [6.45, 7) is 15.1. The summed E-state index contributed by atoms with van der Waals surface area (Å²) in [5.41, 5.74) is -4.55. The fraction of sp³-hybridized carbons (Fsp3) is 0.659. The molecule has 0 aromatic heterocycles. The van der Waals surface area contributed by atoms with Gasteiger partial charge in [0.1, 0.15) is 22.4 Å². The highest BCUT2D eigenvalue weighted by molar-refractivity contribution is 5.91. The molecule has 0 radical (unpaired) electrons. The van der Waals surface area contributed by atoms with Crippen molar-refractivity contribution in [2.75, 3.05) is 0 Å². The topological polar surface area (TPSA) is 136 Å². The van der Waals surface area contributed by atoms with Gasteiger partial charge in [0.2, 0.25) is 0 Å². The number of ether oxygens (including phenoxy) is 7. The second kappa shape index (κ2) is 14.0. The van der Waals surface area contributed by atoms with Crippen molar-refractivity contribution in [2.24, 2.45) is 0 Å². The summed E-state index contributed by atoms with van der Waals surface area (Å²) < 4.78 is 45.0. The molecule has 0 unspecified atom stereocenters. The third-order valence-electron chi connectivity index (χ3n) is 13.2. The van der Waals surface area contributed by atoms with Crippen molar-refractivity contribution in [3.8, 4) is 0 Å². The lowest BCUT2D eigenvalue weighted by Crippen LogP contribution is -2.58. The van der Waals surface area contributed by atoms with Gasteiger partial charge in [-0.1, -0.05) is 36.4 Å². The Morgan fingerprint density at radius 2 is 1.11 bits per heavy atom. The van der Waals surface area contributed by atoms with Crippen LogP contribution in [0.5, 0.6) is 0 Å². The number of rotatable bonds is 10. The Hall–Kier alpha value is -3.19. The minimum atomic E-state index is -2.20. The van der Waals surface area contributed by atoms with Gasteiger partial charge in [-0.15, -0.1) is 0 Å². The molecule has 2 aromatic rings. The number of Topliss-reactive ketones (excluding diaryl/α,β-unsaturated/α-hetero) is 1. The number of aliphatic hydroxyl groups is 1. The van der Waals surface area contributed by atoms with E-state index in [-0.39, 0.29) is 30.7 Å². The summed E-state index contributed by atoms with van der Waals surface area (Å²) in [6, 6.07) is 17.7. The van der Waals surface area contributed by atoms with E-state index in [1.807, 2.05) is 45.0 Å². The third-order valence-corrected chi connectivity index (χ3v) is 13.2. The number of esters is 2. The molecule has 5 saturated heterocycles. The van der Waals surface area contributed by atoms with Gasteiger partial charge in [0.05, 0.1) is 52.8 Å². The molecule has 300 valence electrons. The van der Waals surface area contributed by atoms with Crippen LogP contribution in [-0.4, -0.2) is 92.7 Å². The highest BCUT2D eigenvalue weighted by Crippen LogP contribution is 2.53. The van der Waals surface area contributed by atoms with Gasteiger partial charge in [-0.3, -0.25) is 4.79 Å². The first-order valence-electron chi connectivity index (χ1n) is 19.9. The van der Waals surface area contributed by atoms with E-state index in [0.717, 1.165) is 25.7 Å². The molecule has 0 amide bonds. The van der Waals surface area contributed by atoms with Crippen molar-refractivity contribution < 1.29 is 52.6 Å². The maximum absolute atomic E-state index is 13.8. The zero-order chi connectivity index (χ0) is 39.7. The highest BCUT2D eigenvalue weighted by Gasteiger charge is 2.68. The molecule has 5 aliphatic heterocycles. The summed E-state index contributed by atoms with van der Waals surface area (Å²) >= 11 is 0. The van der Waals surface area contributed by atoms with Gasteiger partial charge in [0.15, 0.2) is 5.78 Å². The van der Waals surface area contributed by atoms with Gasteiger partial charge in [-0.2, -0.15) is 0 Å². The van der Waals surface area contributed by atoms with Crippen LogP contribution >= 0.6 is 0 Å². The van der Waals surface area contributed by atoms with E-state index >= 15 is 0 Å². The smallest absolute Gasteiger partial charge is 0.338 e. The van der Waals surface area contributed by atoms with Gasteiger partial charge >= 0.3 is 11.9 Å². The molecule has 5 fully saturated rings. The number of benzene rings is 2. The Morgan fingerprint density at radius 3 is 1.67 bits per heavy atom. The molecule has 0 aliphatic carbocycles. The van der Waals surface area contributed by atoms with Crippen LogP contribution in [0.3, 0.4) is 0 Å². The molecule has 7 rings (SSSR count). The van der Waals surface area contributed by atoms with Gasteiger partial charge < -0.3 is 38.3 Å². The molecule has 0 saturated carbocycles. The van der Waals surface area contributed by atoms with Gasteiger partial charge in [-0.25, -0.2) is 9.59 Å². The number of carbonyl (C=O) groups excluding carboxylic acids is 3. The van der Waals surface area contributed by atoms with E-state index in [2.05, 4.69) is 13.8 Å². The van der Waals surface area contributed by atoms with Crippen LogP contribution in [0.15, 0.2) is 60.7 Å². The molecule has 0 spiro atoms. The molecular formula is C44H58O11. The predicted octanol–water partition coefficient (Wildman–Crippen LogP) is 7.06. The summed E-state index contributed by atoms with van der Waals surface area (Å²) in [4.78, 5) is 39.6. The molecule has 11 nitrogen and oxygen atoms in total. The van der Waals surface area contributed by atoms with Crippen molar-refractivity contribution in [1.82, 2.24) is 0 Å². The van der Waals surface area contributed by atoms with Gasteiger partial charge in [0.25, 0.3) is 5.79 Å². The van der Waals surface area contributed by atoms with E-state index in [1.165, 1.54) is 0 Å². The molecule has 5 aliphatic rings. The highest BCUT2D eigenvalue weighted by atomic mass is 16.7. The van der Waals surface area contributed by atoms with Gasteiger partial charge in [-0.05, 0) is 131 Å². The van der Waals surface area contributed by atoms with Crippen molar-refractivity contribution in [1.29, 1.82) is 0 Å². The van der Waals surface area contributed by atoms with Crippen LogP contribution in [0, 0.1) is 0 Å². The Kier molecular flexibility index (Phi) is 10.2. The first kappa shape index (κ1) is 40.0. The lowest BCUT2D eigenvalue weighted by molar-refractivity contribution is -0.312. The minimum absolute atomic E-state index is 0.0327. The molecular weight excluding hydrogens is 704 g/mol. The Balaban J connectivity index is 0.956. The van der Waals surface area contributed by atoms with Crippen molar-refractivity contribution in [3.63, 3.8) is 0 Å². The van der Waals surface area contributed by atoms with Crippen molar-refractivity contribution >= 4 is 17.7 Å². The summed E-state index contributed by atoms with van der Waals surface area (Å²) in [5, 5.41) is 12.0. The van der Waals surface area contributed by atoms with Crippen molar-refractivity contribution in [2.45, 2.75) is 183 Å². The summed E-state index contributed by atoms with van der Waals surface area (Å²) in [5.74, 6) is -3.50. The number of hydrogen-bond acceptors (Lipinski definition) is 11. The maximum atomic E-state index is 13.8. The quantitative estimate of drug-likeness (QED) is 0.249. The zero-order valence-corrected chi connectivity index (χ0v) is 33.6. The fourth-order valence-electron chi connectivity index (χ4n) is 9.55. The van der Waals surface area contributed by atoms with E-state index in [1.54, 1.807) is 57.2 Å². The van der Waals surface area contributed by atoms with E-state index in [0.29, 0.717) is 36.8 Å². The second-order valence-electron chi connectivity index (χ2n) is 18.4. The lowest BCUT2D eigenvalue weighted by atomic mass is 9.86. The minimum Gasteiger partial charge on any atom is -0.453 e. The Bertz CT molecular complexity index is 1760. The Labute approximate surface area is 324 Å². The van der Waals surface area contributed by atoms with E-state index in [9.17, 15) is 19.5 Å². The van der Waals surface area contributed by atoms with E-state index < -0.39 is 63.4 Å². The molecule has 5 heterocycles. The number of hydrogen-bond donors (Lipinski definition) is 1. The zero-order valence-electron chi connectivity index (χ0n) is 33.6. The van der Waals surface area contributed by atoms with Crippen LogP contribution in [-0.2, 0) is 38.0 Å². The molecule has 55 heavy (non-hydrogen) atoms. The fourth-order valence-corrected chi connectivity index (χ4v) is 9.55. The molecule has 2 aromatic carbocycles. The van der Waals surface area contributed by atoms with Crippen LogP contribution in [0.4, 0.5) is 0 Å². The van der Waals surface area contributed by atoms with Crippen molar-refractivity contribution in [3.05, 3.63) is 71.8 Å². The average Bonchev–Trinajstić information content (AvgIpc) is 3.98. The first-order chi connectivity index (χ1) is 25.7. The van der Waals surface area contributed by atoms with Crippen LogP contribution in [0.25, 0.3) is 0 Å². The molecule has 1 N–H and O–H groups in total. The average molecular weight is 763 g/mol. The molecule has 11 heteroatoms. The van der Waals surface area contributed by atoms with Crippen LogP contribution in [0.2, 0.25) is 0 Å². The Morgan fingerprint density at radius 1 is 0.636 bits per heavy atom. The lowest BCUT2D eigenvalue weighted by Gasteiger charge is -2.42. The largest absolute Gasteiger partial charge is 0.453 e. The second-order valence-corrected chi connectivity index (χ2v) is 18.4. The third kappa shape index (κ3) is 7.30. The van der Waals surface area contributed by atoms with E-state index in [4.69, 9.17) is 33.2 Å². The predicted molar refractivity (Wildman–Crippen MR) is 201 cm³/mol. The SMILES string of the molecule is CC(C)(OC(=O)c1ccccc1)[C@@H]1CC[C@](C)([C@]2(O)O[C@](C)([C@@H]3CC[C@@H]([C@]4(C)CC[C@@H]([C@]5(C)CC[C@@H](C(C)(C)OC(=O)c6ccccc6)O5)O4)O3)CC2=O)O1. The van der Waals surface area contributed by atoms with Gasteiger partial charge in [0, 0.05) is 6.42 Å². The molecule has 0 bridgehead atoms. The van der Waals surface area contributed by atoms with Crippen LogP contribution in [0.1, 0.15) is 134 Å². The normalized spacial score (nSPS) is 39.4. The first-order valence-corrected chi connectivity index (χ1v) is 19.9. The number of carbonyl (C=O) groups is 3. The monoisotopic (exact) mass is 762 g/mol. The summed E-state index contributed by atoms with van der Waals surface area (Å²) in [6.07, 6.45) is 3.39. The molecule has 10 atom stereocenters. The van der Waals surface area contributed by atoms with Crippen LogP contribution < -0.4 is 0 Å². The summed E-state index contributed by atoms with van der Waals surface area (Å²) in [7, 11) is 0. The maximum Gasteiger partial charge on any atom is 0.338 e. The number of ketones is 1.